The minimum absolute atomic E-state index is 0.188. The lowest BCUT2D eigenvalue weighted by Crippen LogP contribution is -2.18. The van der Waals surface area contributed by atoms with E-state index >= 15 is 0 Å². The lowest BCUT2D eigenvalue weighted by Gasteiger charge is -2.25. The molecule has 0 amide bonds. The highest BCUT2D eigenvalue weighted by molar-refractivity contribution is 5.75. The molecule has 7 heteroatoms. The van der Waals surface area contributed by atoms with E-state index in [9.17, 15) is 9.59 Å². The lowest BCUT2D eigenvalue weighted by molar-refractivity contribution is -0.143. The van der Waals surface area contributed by atoms with Crippen LogP contribution >= 0.6 is 0 Å². The van der Waals surface area contributed by atoms with E-state index in [0.717, 1.165) is 35.0 Å². The minimum atomic E-state index is -0.408. The first-order valence-electron chi connectivity index (χ1n) is 18.0. The number of carbonyl (C=O) groups is 2. The van der Waals surface area contributed by atoms with E-state index in [1.54, 1.807) is 0 Å². The van der Waals surface area contributed by atoms with Crippen LogP contribution in [0.2, 0.25) is 0 Å². The average molecular weight is 634 g/mol. The summed E-state index contributed by atoms with van der Waals surface area (Å²) < 4.78 is 11.3. The van der Waals surface area contributed by atoms with Gasteiger partial charge in [-0.1, -0.05) is 142 Å². The Morgan fingerprint density at radius 2 is 1.24 bits per heavy atom. The molecule has 46 heavy (non-hydrogen) atoms. The molecule has 0 bridgehead atoms. The molecule has 0 aliphatic carbocycles. The summed E-state index contributed by atoms with van der Waals surface area (Å²) in [6.45, 7) is 10.4. The quantitative estimate of drug-likeness (QED) is 0.0622. The number of aryl methyl sites for hydroxylation is 1. The van der Waals surface area contributed by atoms with Gasteiger partial charge >= 0.3 is 11.9 Å². The number of benzene rings is 2. The maximum atomic E-state index is 12.6. The number of carbonyl (C=O) groups excluding carboxylic acids is 2. The number of hydrogen-bond acceptors (Lipinski definition) is 6. The molecule has 254 valence electrons. The van der Waals surface area contributed by atoms with Crippen molar-refractivity contribution in [3.63, 3.8) is 0 Å². The summed E-state index contributed by atoms with van der Waals surface area (Å²) in [4.78, 5) is 26.3. The van der Waals surface area contributed by atoms with Crippen LogP contribution in [0.5, 0.6) is 5.75 Å². The van der Waals surface area contributed by atoms with Gasteiger partial charge < -0.3 is 9.47 Å². The first-order valence-corrected chi connectivity index (χ1v) is 18.0. The number of nitrogens with zero attached hydrogens (tertiary/aromatic N) is 3. The summed E-state index contributed by atoms with van der Waals surface area (Å²) in [6, 6.07) is 11.6. The number of unbranched alkanes of at least 4 members (excludes halogenated alkanes) is 15. The van der Waals surface area contributed by atoms with Gasteiger partial charge in [-0.05, 0) is 42.0 Å². The zero-order valence-electron chi connectivity index (χ0n) is 29.4. The third kappa shape index (κ3) is 13.3. The molecular formula is C39H59N3O4. The number of ether oxygens (including phenoxy) is 2. The fourth-order valence-corrected chi connectivity index (χ4v) is 5.89. The fourth-order valence-electron chi connectivity index (χ4n) is 5.89. The van der Waals surface area contributed by atoms with E-state index < -0.39 is 5.97 Å². The van der Waals surface area contributed by atoms with Gasteiger partial charge in [0.15, 0.2) is 5.75 Å². The van der Waals surface area contributed by atoms with Crippen molar-refractivity contribution in [3.8, 4) is 11.4 Å². The third-order valence-electron chi connectivity index (χ3n) is 8.56. The van der Waals surface area contributed by atoms with Crippen LogP contribution in [0.25, 0.3) is 16.7 Å². The summed E-state index contributed by atoms with van der Waals surface area (Å²) in [6.07, 6.45) is 21.9. The van der Waals surface area contributed by atoms with Crippen LogP contribution in [0.15, 0.2) is 36.4 Å². The molecule has 0 fully saturated rings. The first kappa shape index (κ1) is 37.2. The monoisotopic (exact) mass is 633 g/mol. The van der Waals surface area contributed by atoms with Gasteiger partial charge in [-0.2, -0.15) is 0 Å². The van der Waals surface area contributed by atoms with Crippen LogP contribution in [0.3, 0.4) is 0 Å². The van der Waals surface area contributed by atoms with Crippen LogP contribution in [-0.4, -0.2) is 33.5 Å². The lowest BCUT2D eigenvalue weighted by atomic mass is 9.84. The summed E-state index contributed by atoms with van der Waals surface area (Å²) in [7, 11) is 0. The van der Waals surface area contributed by atoms with Crippen molar-refractivity contribution in [2.75, 3.05) is 6.61 Å². The van der Waals surface area contributed by atoms with Crippen molar-refractivity contribution in [1.29, 1.82) is 0 Å². The van der Waals surface area contributed by atoms with E-state index in [-0.39, 0.29) is 17.8 Å². The second-order valence-electron chi connectivity index (χ2n) is 13.8. The van der Waals surface area contributed by atoms with E-state index in [1.807, 2.05) is 36.4 Å². The normalized spacial score (nSPS) is 11.7. The molecule has 0 N–H and O–H groups in total. The molecule has 2 aromatic carbocycles. The van der Waals surface area contributed by atoms with Gasteiger partial charge in [0.25, 0.3) is 0 Å². The maximum absolute atomic E-state index is 12.6. The Labute approximate surface area is 277 Å². The molecular weight excluding hydrogens is 574 g/mol. The van der Waals surface area contributed by atoms with Gasteiger partial charge in [-0.3, -0.25) is 9.59 Å². The molecule has 3 aromatic rings. The van der Waals surface area contributed by atoms with Crippen LogP contribution in [-0.2, 0) is 26.2 Å². The van der Waals surface area contributed by atoms with E-state index in [0.29, 0.717) is 24.5 Å². The summed E-state index contributed by atoms with van der Waals surface area (Å²) in [5, 5.41) is 9.28. The SMILES string of the molecule is CCCCCCCCCCCCCCCCCCOC(=O)CCc1cc(-n2nc3ccccc3n2)c(OC(C)=O)c(C(C)(C)C)c1. The third-order valence-corrected chi connectivity index (χ3v) is 8.56. The Bertz CT molecular complexity index is 1310. The van der Waals surface area contributed by atoms with E-state index in [4.69, 9.17) is 9.47 Å². The molecule has 0 spiro atoms. The van der Waals surface area contributed by atoms with Gasteiger partial charge in [0.1, 0.15) is 16.7 Å². The Kier molecular flexibility index (Phi) is 16.3. The van der Waals surface area contributed by atoms with Crippen molar-refractivity contribution < 1.29 is 19.1 Å². The molecule has 1 aromatic heterocycles. The second-order valence-corrected chi connectivity index (χ2v) is 13.8. The molecule has 0 aliphatic heterocycles. The number of rotatable bonds is 22. The van der Waals surface area contributed by atoms with Gasteiger partial charge in [0.05, 0.1) is 6.61 Å². The highest BCUT2D eigenvalue weighted by atomic mass is 16.5. The van der Waals surface area contributed by atoms with Gasteiger partial charge in [-0.25, -0.2) is 0 Å². The predicted molar refractivity (Wildman–Crippen MR) is 188 cm³/mol. The molecule has 0 saturated heterocycles. The van der Waals surface area contributed by atoms with E-state index in [2.05, 4.69) is 37.9 Å². The molecule has 0 radical (unpaired) electrons. The Morgan fingerprint density at radius 1 is 0.739 bits per heavy atom. The fraction of sp³-hybridized carbons (Fsp3) is 0.641. The summed E-state index contributed by atoms with van der Waals surface area (Å²) >= 11 is 0. The zero-order valence-corrected chi connectivity index (χ0v) is 29.4. The maximum Gasteiger partial charge on any atom is 0.308 e. The summed E-state index contributed by atoms with van der Waals surface area (Å²) in [5.74, 6) is -0.157. The van der Waals surface area contributed by atoms with Gasteiger partial charge in [0.2, 0.25) is 0 Å². The molecule has 0 saturated carbocycles. The topological polar surface area (TPSA) is 83.3 Å². The molecule has 7 nitrogen and oxygen atoms in total. The molecule has 0 aliphatic rings. The van der Waals surface area contributed by atoms with Crippen LogP contribution in [0, 0.1) is 0 Å². The predicted octanol–water partition coefficient (Wildman–Crippen LogP) is 10.4. The van der Waals surface area contributed by atoms with Crippen molar-refractivity contribution in [1.82, 2.24) is 15.0 Å². The number of fused-ring (bicyclic) bond motifs is 1. The molecule has 1 heterocycles. The summed E-state index contributed by atoms with van der Waals surface area (Å²) in [5.41, 5.74) is 3.55. The minimum Gasteiger partial charge on any atom is -0.466 e. The number of hydrogen-bond donors (Lipinski definition) is 0. The van der Waals surface area contributed by atoms with Gasteiger partial charge in [0, 0.05) is 18.9 Å². The van der Waals surface area contributed by atoms with Crippen molar-refractivity contribution in [2.24, 2.45) is 0 Å². The molecule has 0 unspecified atom stereocenters. The largest absolute Gasteiger partial charge is 0.466 e. The second kappa shape index (κ2) is 20.1. The highest BCUT2D eigenvalue weighted by Crippen LogP contribution is 2.38. The molecule has 3 rings (SSSR count). The number of aromatic nitrogens is 3. The van der Waals surface area contributed by atoms with Crippen molar-refractivity contribution in [3.05, 3.63) is 47.5 Å². The Morgan fingerprint density at radius 3 is 1.72 bits per heavy atom. The first-order chi connectivity index (χ1) is 22.2. The van der Waals surface area contributed by atoms with Crippen molar-refractivity contribution in [2.45, 2.75) is 156 Å². The average Bonchev–Trinajstić information content (AvgIpc) is 3.45. The van der Waals surface area contributed by atoms with Crippen LogP contribution in [0.1, 0.15) is 155 Å². The van der Waals surface area contributed by atoms with E-state index in [1.165, 1.54) is 102 Å². The molecule has 0 atom stereocenters. The van der Waals surface area contributed by atoms with Crippen LogP contribution < -0.4 is 4.74 Å². The van der Waals surface area contributed by atoms with Crippen molar-refractivity contribution >= 4 is 23.0 Å². The Hall–Kier alpha value is -3.22. The van der Waals surface area contributed by atoms with Gasteiger partial charge in [-0.15, -0.1) is 15.0 Å². The number of esters is 2. The Balaban J connectivity index is 1.39. The zero-order chi connectivity index (χ0) is 33.2. The smallest absolute Gasteiger partial charge is 0.308 e. The highest BCUT2D eigenvalue weighted by Gasteiger charge is 2.26. The standard InChI is InChI=1S/C39H59N3O4/c1-6-7-8-9-10-11-12-13-14-15-16-17-18-19-20-23-28-45-37(44)27-26-32-29-33(39(3,4)5)38(46-31(2)43)36(30-32)42-40-34-24-21-22-25-35(34)41-42/h21-22,24-25,29-30H,6-20,23,26-28H2,1-5H3. The van der Waals surface area contributed by atoms with Crippen LogP contribution in [0.4, 0.5) is 0 Å².